The number of methoxy groups -OCH3 is 1. The van der Waals surface area contributed by atoms with E-state index in [4.69, 9.17) is 9.84 Å². The summed E-state index contributed by atoms with van der Waals surface area (Å²) in [6, 6.07) is 11.4. The molecule has 2 amide bonds. The SMILES string of the molecule is COc1ccc(-c2ccc(C3(NC(=O)c4cnc(C(=O)NC[C@@H](C)C(=O)O)[nH]c4=O)CC3)cc2)cn1. The number of pyridine rings is 1. The Kier molecular flexibility index (Phi) is 6.82. The maximum Gasteiger partial charge on any atom is 0.308 e. The van der Waals surface area contributed by atoms with Gasteiger partial charge >= 0.3 is 5.97 Å². The monoisotopic (exact) mass is 491 g/mol. The Bertz CT molecular complexity index is 1350. The van der Waals surface area contributed by atoms with Gasteiger partial charge in [-0.2, -0.15) is 0 Å². The van der Waals surface area contributed by atoms with E-state index in [-0.39, 0.29) is 17.9 Å². The number of aromatic nitrogens is 3. The van der Waals surface area contributed by atoms with Crippen molar-refractivity contribution in [1.82, 2.24) is 25.6 Å². The molecule has 1 fully saturated rings. The van der Waals surface area contributed by atoms with Crippen LogP contribution in [0.3, 0.4) is 0 Å². The van der Waals surface area contributed by atoms with E-state index in [1.54, 1.807) is 19.4 Å². The van der Waals surface area contributed by atoms with Crippen LogP contribution in [-0.2, 0) is 10.3 Å². The Labute approximate surface area is 206 Å². The lowest BCUT2D eigenvalue weighted by Gasteiger charge is -2.18. The van der Waals surface area contributed by atoms with E-state index in [1.165, 1.54) is 6.92 Å². The molecule has 1 saturated carbocycles. The molecule has 1 aliphatic rings. The normalized spacial score (nSPS) is 14.4. The average Bonchev–Trinajstić information content (AvgIpc) is 3.67. The lowest BCUT2D eigenvalue weighted by Crippen LogP contribution is -2.39. The first-order valence-corrected chi connectivity index (χ1v) is 11.3. The maximum atomic E-state index is 12.9. The number of aromatic amines is 1. The third-order valence-corrected chi connectivity index (χ3v) is 6.07. The van der Waals surface area contributed by atoms with Gasteiger partial charge < -0.3 is 25.5 Å². The summed E-state index contributed by atoms with van der Waals surface area (Å²) in [5, 5.41) is 14.2. The van der Waals surface area contributed by atoms with Crippen molar-refractivity contribution in [3.63, 3.8) is 0 Å². The molecule has 1 aliphatic carbocycles. The summed E-state index contributed by atoms with van der Waals surface area (Å²) in [6.45, 7) is 1.31. The number of hydrogen-bond donors (Lipinski definition) is 4. The second-order valence-electron chi connectivity index (χ2n) is 8.63. The standard InChI is InChI=1S/C25H25N5O6/c1-14(24(34)35)11-28-23(33)20-27-13-18(21(31)29-20)22(32)30-25(9-10-25)17-6-3-15(4-7-17)16-5-8-19(36-2)26-12-16/h3-8,12-14H,9-11H2,1-2H3,(H,28,33)(H,30,32)(H,34,35)(H,27,29,31)/t14-/m1/s1. The Balaban J connectivity index is 1.43. The van der Waals surface area contributed by atoms with Crippen molar-refractivity contribution >= 4 is 17.8 Å². The summed E-state index contributed by atoms with van der Waals surface area (Å²) in [5.74, 6) is -2.98. The van der Waals surface area contributed by atoms with Crippen molar-refractivity contribution in [3.05, 3.63) is 76.1 Å². The van der Waals surface area contributed by atoms with Crippen molar-refractivity contribution in [2.24, 2.45) is 5.92 Å². The Morgan fingerprint density at radius 1 is 1.06 bits per heavy atom. The van der Waals surface area contributed by atoms with Gasteiger partial charge in [0.2, 0.25) is 5.88 Å². The van der Waals surface area contributed by atoms with Crippen LogP contribution in [0, 0.1) is 5.92 Å². The molecule has 4 rings (SSSR count). The zero-order valence-electron chi connectivity index (χ0n) is 19.7. The van der Waals surface area contributed by atoms with Crippen molar-refractivity contribution in [3.8, 4) is 17.0 Å². The van der Waals surface area contributed by atoms with E-state index in [0.717, 1.165) is 35.7 Å². The minimum atomic E-state index is -1.06. The van der Waals surface area contributed by atoms with E-state index in [1.807, 2.05) is 30.3 Å². The second-order valence-corrected chi connectivity index (χ2v) is 8.63. The van der Waals surface area contributed by atoms with E-state index in [0.29, 0.717) is 5.88 Å². The molecule has 1 aromatic carbocycles. The zero-order valence-corrected chi connectivity index (χ0v) is 19.7. The predicted molar refractivity (Wildman–Crippen MR) is 129 cm³/mol. The molecule has 0 unspecified atom stereocenters. The number of carboxylic acids is 1. The molecule has 36 heavy (non-hydrogen) atoms. The van der Waals surface area contributed by atoms with Gasteiger partial charge in [-0.05, 0) is 30.0 Å². The number of ether oxygens (including phenoxy) is 1. The number of nitrogens with zero attached hydrogens (tertiary/aromatic N) is 2. The van der Waals surface area contributed by atoms with Crippen LogP contribution in [0.5, 0.6) is 5.88 Å². The molecule has 2 aromatic heterocycles. The number of H-pyrrole nitrogens is 1. The number of hydrogen-bond acceptors (Lipinski definition) is 7. The third-order valence-electron chi connectivity index (χ3n) is 6.07. The summed E-state index contributed by atoms with van der Waals surface area (Å²) in [6.07, 6.45) is 4.20. The minimum absolute atomic E-state index is 0.129. The molecule has 4 N–H and O–H groups in total. The van der Waals surface area contributed by atoms with Crippen molar-refractivity contribution in [2.75, 3.05) is 13.7 Å². The van der Waals surface area contributed by atoms with Gasteiger partial charge in [0, 0.05) is 30.6 Å². The summed E-state index contributed by atoms with van der Waals surface area (Å²) in [7, 11) is 1.56. The van der Waals surface area contributed by atoms with Crippen molar-refractivity contribution in [1.29, 1.82) is 0 Å². The topological polar surface area (TPSA) is 163 Å². The fraction of sp³-hybridized carbons (Fsp3) is 0.280. The number of carbonyl (C=O) groups excluding carboxylic acids is 2. The van der Waals surface area contributed by atoms with Crippen LogP contribution in [0.25, 0.3) is 11.1 Å². The van der Waals surface area contributed by atoms with E-state index >= 15 is 0 Å². The fourth-order valence-electron chi connectivity index (χ4n) is 3.64. The molecular formula is C25H25N5O6. The van der Waals surface area contributed by atoms with E-state index in [2.05, 4.69) is 25.6 Å². The van der Waals surface area contributed by atoms with Crippen LogP contribution in [-0.4, -0.2) is 51.5 Å². The van der Waals surface area contributed by atoms with Crippen molar-refractivity contribution in [2.45, 2.75) is 25.3 Å². The number of amides is 2. The first kappa shape index (κ1) is 24.6. The lowest BCUT2D eigenvalue weighted by molar-refractivity contribution is -0.140. The number of rotatable bonds is 9. The molecule has 11 nitrogen and oxygen atoms in total. The van der Waals surface area contributed by atoms with Crippen LogP contribution < -0.4 is 20.9 Å². The van der Waals surface area contributed by atoms with Gasteiger partial charge in [-0.1, -0.05) is 31.2 Å². The highest BCUT2D eigenvalue weighted by atomic mass is 16.5. The quantitative estimate of drug-likeness (QED) is 0.351. The third kappa shape index (κ3) is 5.24. The van der Waals surface area contributed by atoms with Gasteiger partial charge in [0.15, 0.2) is 5.82 Å². The molecule has 0 bridgehead atoms. The second kappa shape index (κ2) is 9.98. The van der Waals surface area contributed by atoms with Gasteiger partial charge in [0.25, 0.3) is 17.4 Å². The Morgan fingerprint density at radius 2 is 1.75 bits per heavy atom. The van der Waals surface area contributed by atoms with Crippen LogP contribution in [0.2, 0.25) is 0 Å². The average molecular weight is 492 g/mol. The summed E-state index contributed by atoms with van der Waals surface area (Å²) >= 11 is 0. The van der Waals surface area contributed by atoms with E-state index in [9.17, 15) is 19.2 Å². The molecule has 1 atom stereocenters. The molecule has 3 aromatic rings. The minimum Gasteiger partial charge on any atom is -0.481 e. The Hall–Kier alpha value is -4.54. The highest BCUT2D eigenvalue weighted by Gasteiger charge is 2.46. The first-order chi connectivity index (χ1) is 17.2. The van der Waals surface area contributed by atoms with Crippen LogP contribution >= 0.6 is 0 Å². The lowest BCUT2D eigenvalue weighted by atomic mass is 10.00. The predicted octanol–water partition coefficient (Wildman–Crippen LogP) is 1.71. The summed E-state index contributed by atoms with van der Waals surface area (Å²) in [5.41, 5.74) is 1.23. The number of carboxylic acid groups (broad SMARTS) is 1. The Morgan fingerprint density at radius 3 is 2.31 bits per heavy atom. The van der Waals surface area contributed by atoms with Crippen LogP contribution in [0.15, 0.2) is 53.6 Å². The number of aliphatic carboxylic acids is 1. The molecule has 0 spiro atoms. The molecule has 2 heterocycles. The summed E-state index contributed by atoms with van der Waals surface area (Å²) < 4.78 is 5.08. The van der Waals surface area contributed by atoms with Gasteiger partial charge in [-0.3, -0.25) is 19.2 Å². The molecule has 11 heteroatoms. The largest absolute Gasteiger partial charge is 0.481 e. The number of nitrogens with one attached hydrogen (secondary N) is 3. The highest BCUT2D eigenvalue weighted by molar-refractivity contribution is 5.95. The molecule has 0 saturated heterocycles. The van der Waals surface area contributed by atoms with Gasteiger partial charge in [-0.25, -0.2) is 9.97 Å². The number of carbonyl (C=O) groups is 3. The molecular weight excluding hydrogens is 466 g/mol. The first-order valence-electron chi connectivity index (χ1n) is 11.3. The van der Waals surface area contributed by atoms with Gasteiger partial charge in [0.05, 0.1) is 18.6 Å². The molecule has 0 aliphatic heterocycles. The van der Waals surface area contributed by atoms with Gasteiger partial charge in [0.1, 0.15) is 5.56 Å². The van der Waals surface area contributed by atoms with Crippen molar-refractivity contribution < 1.29 is 24.2 Å². The van der Waals surface area contributed by atoms with Crippen LogP contribution in [0.1, 0.15) is 46.3 Å². The van der Waals surface area contributed by atoms with Gasteiger partial charge in [-0.15, -0.1) is 0 Å². The van der Waals surface area contributed by atoms with Crippen LogP contribution in [0.4, 0.5) is 0 Å². The smallest absolute Gasteiger partial charge is 0.308 e. The number of benzene rings is 1. The highest BCUT2D eigenvalue weighted by Crippen LogP contribution is 2.46. The van der Waals surface area contributed by atoms with E-state index < -0.39 is 34.8 Å². The summed E-state index contributed by atoms with van der Waals surface area (Å²) in [4.78, 5) is 58.7. The maximum absolute atomic E-state index is 12.9. The molecule has 186 valence electrons. The molecule has 0 radical (unpaired) electrons. The fourth-order valence-corrected chi connectivity index (χ4v) is 3.64. The zero-order chi connectivity index (χ0) is 25.9.